The van der Waals surface area contributed by atoms with E-state index in [1.54, 1.807) is 0 Å². The summed E-state index contributed by atoms with van der Waals surface area (Å²) < 4.78 is 13.4. The van der Waals surface area contributed by atoms with Gasteiger partial charge in [-0.3, -0.25) is 10.00 Å². The van der Waals surface area contributed by atoms with Gasteiger partial charge in [-0.05, 0) is 61.7 Å². The van der Waals surface area contributed by atoms with E-state index in [9.17, 15) is 4.39 Å². The van der Waals surface area contributed by atoms with Crippen molar-refractivity contribution >= 4 is 10.9 Å². The second-order valence-electron chi connectivity index (χ2n) is 8.21. The summed E-state index contributed by atoms with van der Waals surface area (Å²) in [5, 5.41) is 8.59. The van der Waals surface area contributed by atoms with Crippen LogP contribution in [-0.2, 0) is 13.0 Å². The monoisotopic (exact) mass is 378 g/mol. The maximum atomic E-state index is 13.4. The van der Waals surface area contributed by atoms with Crippen LogP contribution in [-0.4, -0.2) is 52.7 Å². The van der Waals surface area contributed by atoms with Crippen LogP contribution in [0.15, 0.2) is 42.5 Å². The summed E-state index contributed by atoms with van der Waals surface area (Å²) in [5.74, 6) is 0.259. The maximum Gasteiger partial charge on any atom is 0.125 e. The van der Waals surface area contributed by atoms with Crippen LogP contribution >= 0.6 is 0 Å². The molecule has 0 saturated carbocycles. The molecule has 0 amide bonds. The zero-order valence-corrected chi connectivity index (χ0v) is 16.2. The first-order valence-electron chi connectivity index (χ1n) is 10.4. The average molecular weight is 378 g/mol. The molecule has 28 heavy (non-hydrogen) atoms. The Balaban J connectivity index is 1.15. The maximum absolute atomic E-state index is 13.4. The average Bonchev–Trinajstić information content (AvgIpc) is 3.15. The van der Waals surface area contributed by atoms with Gasteiger partial charge in [0, 0.05) is 37.5 Å². The number of nitrogens with zero attached hydrogens (tertiary/aromatic N) is 3. The molecule has 0 radical (unpaired) electrons. The second-order valence-corrected chi connectivity index (χ2v) is 8.21. The third-order valence-electron chi connectivity index (χ3n) is 6.47. The predicted octanol–water partition coefficient (Wildman–Crippen LogP) is 3.94. The quantitative estimate of drug-likeness (QED) is 0.747. The van der Waals surface area contributed by atoms with Crippen LogP contribution < -0.4 is 0 Å². The van der Waals surface area contributed by atoms with Gasteiger partial charge in [0.15, 0.2) is 0 Å². The minimum Gasteiger partial charge on any atom is -0.302 e. The molecular formula is C23H27FN4. The number of fused-ring (bicyclic) bond motifs is 2. The van der Waals surface area contributed by atoms with Crippen molar-refractivity contribution < 1.29 is 4.39 Å². The fourth-order valence-electron chi connectivity index (χ4n) is 4.78. The van der Waals surface area contributed by atoms with E-state index in [1.165, 1.54) is 36.2 Å². The molecule has 4 nitrogen and oxygen atoms in total. The molecule has 2 aliphatic rings. The number of nitrogens with one attached hydrogen (secondary N) is 1. The van der Waals surface area contributed by atoms with Crippen molar-refractivity contribution in [1.29, 1.82) is 0 Å². The van der Waals surface area contributed by atoms with Gasteiger partial charge in [-0.1, -0.05) is 24.3 Å². The summed E-state index contributed by atoms with van der Waals surface area (Å²) in [6.45, 7) is 6.77. The zero-order valence-electron chi connectivity index (χ0n) is 16.2. The Morgan fingerprint density at radius 2 is 1.75 bits per heavy atom. The second kappa shape index (κ2) is 7.64. The third kappa shape index (κ3) is 3.56. The normalized spacial score (nSPS) is 19.2. The number of aromatic amines is 1. The molecule has 146 valence electrons. The van der Waals surface area contributed by atoms with Crippen molar-refractivity contribution in [3.63, 3.8) is 0 Å². The van der Waals surface area contributed by atoms with Gasteiger partial charge in [0.25, 0.3) is 0 Å². The summed E-state index contributed by atoms with van der Waals surface area (Å²) in [5.41, 5.74) is 4.94. The number of H-pyrrole nitrogens is 1. The molecule has 1 aromatic heterocycles. The highest BCUT2D eigenvalue weighted by molar-refractivity contribution is 5.81. The zero-order chi connectivity index (χ0) is 18.9. The Kier molecular flexibility index (Phi) is 4.87. The highest BCUT2D eigenvalue weighted by atomic mass is 19.1. The Hall–Kier alpha value is -2.24. The number of hydrogen-bond acceptors (Lipinski definition) is 3. The summed E-state index contributed by atoms with van der Waals surface area (Å²) in [4.78, 5) is 5.18. The van der Waals surface area contributed by atoms with Gasteiger partial charge in [-0.2, -0.15) is 5.10 Å². The minimum absolute atomic E-state index is 0.210. The van der Waals surface area contributed by atoms with E-state index < -0.39 is 0 Å². The topological polar surface area (TPSA) is 35.2 Å². The van der Waals surface area contributed by atoms with Crippen LogP contribution in [0, 0.1) is 5.82 Å². The molecule has 5 heteroatoms. The van der Waals surface area contributed by atoms with Crippen molar-refractivity contribution in [1.82, 2.24) is 20.0 Å². The molecule has 3 aromatic rings. The third-order valence-corrected chi connectivity index (χ3v) is 6.47. The lowest BCUT2D eigenvalue weighted by Crippen LogP contribution is -2.41. The Morgan fingerprint density at radius 1 is 0.964 bits per heavy atom. The van der Waals surface area contributed by atoms with Crippen molar-refractivity contribution in [2.45, 2.75) is 31.7 Å². The number of piperidine rings is 1. The van der Waals surface area contributed by atoms with E-state index in [0.717, 1.165) is 62.2 Å². The fourth-order valence-corrected chi connectivity index (χ4v) is 4.78. The summed E-state index contributed by atoms with van der Waals surface area (Å²) >= 11 is 0. The predicted molar refractivity (Wildman–Crippen MR) is 110 cm³/mol. The lowest BCUT2D eigenvalue weighted by Gasteiger charge is -2.34. The number of benzene rings is 2. The molecule has 0 atom stereocenters. The highest BCUT2D eigenvalue weighted by Crippen LogP contribution is 2.31. The molecule has 2 aromatic carbocycles. The number of likely N-dealkylation sites (tertiary alicyclic amines) is 1. The van der Waals surface area contributed by atoms with E-state index in [0.29, 0.717) is 5.92 Å². The van der Waals surface area contributed by atoms with Crippen LogP contribution in [0.4, 0.5) is 4.39 Å². The first-order chi connectivity index (χ1) is 13.8. The molecule has 2 aliphatic heterocycles. The standard InChI is InChI=1S/C23H27FN4/c24-20-5-6-21-22(15-20)25-26-23(21)18-8-10-27(11-9-18)13-14-28-12-7-17-3-1-2-4-19(17)16-28/h1-6,15,18H,7-14,16H2,(H,25,26). The van der Waals surface area contributed by atoms with Crippen LogP contribution in [0.1, 0.15) is 35.6 Å². The van der Waals surface area contributed by atoms with Crippen molar-refractivity contribution in [2.24, 2.45) is 0 Å². The van der Waals surface area contributed by atoms with Crippen LogP contribution in [0.2, 0.25) is 0 Å². The van der Waals surface area contributed by atoms with E-state index in [1.807, 2.05) is 6.07 Å². The van der Waals surface area contributed by atoms with Gasteiger partial charge in [0.2, 0.25) is 0 Å². The highest BCUT2D eigenvalue weighted by Gasteiger charge is 2.25. The van der Waals surface area contributed by atoms with Crippen molar-refractivity contribution in [3.8, 4) is 0 Å². The molecule has 1 N–H and O–H groups in total. The van der Waals surface area contributed by atoms with Gasteiger partial charge in [-0.15, -0.1) is 0 Å². The Labute approximate surface area is 165 Å². The van der Waals surface area contributed by atoms with Gasteiger partial charge in [-0.25, -0.2) is 4.39 Å². The number of aromatic nitrogens is 2. The molecule has 0 unspecified atom stereocenters. The molecule has 3 heterocycles. The van der Waals surface area contributed by atoms with Gasteiger partial charge in [0.1, 0.15) is 5.82 Å². The van der Waals surface area contributed by atoms with Gasteiger partial charge >= 0.3 is 0 Å². The van der Waals surface area contributed by atoms with Crippen LogP contribution in [0.5, 0.6) is 0 Å². The summed E-state index contributed by atoms with van der Waals surface area (Å²) in [6, 6.07) is 13.8. The number of halogens is 1. The van der Waals surface area contributed by atoms with Crippen molar-refractivity contribution in [3.05, 3.63) is 65.1 Å². The fraction of sp³-hybridized carbons (Fsp3) is 0.435. The largest absolute Gasteiger partial charge is 0.302 e. The lowest BCUT2D eigenvalue weighted by atomic mass is 9.91. The van der Waals surface area contributed by atoms with E-state index in [4.69, 9.17) is 0 Å². The Bertz CT molecular complexity index is 958. The van der Waals surface area contributed by atoms with E-state index >= 15 is 0 Å². The first-order valence-corrected chi connectivity index (χ1v) is 10.4. The minimum atomic E-state index is -0.210. The summed E-state index contributed by atoms with van der Waals surface area (Å²) in [6.07, 6.45) is 3.42. The lowest BCUT2D eigenvalue weighted by molar-refractivity contribution is 0.165. The molecule has 5 rings (SSSR count). The van der Waals surface area contributed by atoms with E-state index in [-0.39, 0.29) is 5.82 Å². The van der Waals surface area contributed by atoms with Gasteiger partial charge in [0.05, 0.1) is 11.2 Å². The van der Waals surface area contributed by atoms with Crippen molar-refractivity contribution in [2.75, 3.05) is 32.7 Å². The Morgan fingerprint density at radius 3 is 2.61 bits per heavy atom. The first kappa shape index (κ1) is 17.8. The molecule has 0 spiro atoms. The van der Waals surface area contributed by atoms with Crippen LogP contribution in [0.25, 0.3) is 10.9 Å². The molecule has 0 bridgehead atoms. The smallest absolute Gasteiger partial charge is 0.125 e. The molecule has 1 saturated heterocycles. The summed E-state index contributed by atoms with van der Waals surface area (Å²) in [7, 11) is 0. The number of hydrogen-bond donors (Lipinski definition) is 1. The SMILES string of the molecule is Fc1ccc2c(C3CCN(CCN4CCc5ccccc5C4)CC3)n[nH]c2c1. The molecule has 0 aliphatic carbocycles. The number of rotatable bonds is 4. The van der Waals surface area contributed by atoms with Crippen LogP contribution in [0.3, 0.4) is 0 Å². The molecule has 1 fully saturated rings. The molecular weight excluding hydrogens is 351 g/mol. The van der Waals surface area contributed by atoms with Gasteiger partial charge < -0.3 is 4.90 Å². The van der Waals surface area contributed by atoms with E-state index in [2.05, 4.69) is 44.3 Å².